The molecule has 1 N–H and O–H groups in total. The van der Waals surface area contributed by atoms with Crippen molar-refractivity contribution in [3.05, 3.63) is 43.7 Å². The molecule has 1 heterocycles. The van der Waals surface area contributed by atoms with Crippen LogP contribution < -0.4 is 5.32 Å². The molecular weight excluding hydrogens is 398 g/mol. The number of thiophene rings is 1. The molecule has 20 heavy (non-hydrogen) atoms. The van der Waals surface area contributed by atoms with Gasteiger partial charge in [0.25, 0.3) is 0 Å². The molecule has 0 fully saturated rings. The van der Waals surface area contributed by atoms with Crippen molar-refractivity contribution in [1.29, 1.82) is 0 Å². The van der Waals surface area contributed by atoms with E-state index in [2.05, 4.69) is 75.3 Å². The van der Waals surface area contributed by atoms with E-state index < -0.39 is 0 Å². The zero-order chi connectivity index (χ0) is 14.7. The highest BCUT2D eigenvalue weighted by atomic mass is 79.9. The summed E-state index contributed by atoms with van der Waals surface area (Å²) >= 11 is 9.25. The first-order valence-corrected chi connectivity index (χ1v) is 9.20. The minimum absolute atomic E-state index is 0.460. The second-order valence-corrected chi connectivity index (χ2v) is 7.76. The highest BCUT2D eigenvalue weighted by Crippen LogP contribution is 2.41. The summed E-state index contributed by atoms with van der Waals surface area (Å²) in [5.74, 6) is 0. The summed E-state index contributed by atoms with van der Waals surface area (Å²) in [6.45, 7) is 4.34. The van der Waals surface area contributed by atoms with Gasteiger partial charge in [0.1, 0.15) is 0 Å². The van der Waals surface area contributed by atoms with Gasteiger partial charge in [0, 0.05) is 30.3 Å². The number of halogens is 2. The van der Waals surface area contributed by atoms with Gasteiger partial charge in [-0.1, -0.05) is 45.2 Å². The quantitative estimate of drug-likeness (QED) is 0.602. The van der Waals surface area contributed by atoms with E-state index >= 15 is 0 Å². The molecule has 1 aromatic heterocycles. The van der Waals surface area contributed by atoms with Gasteiger partial charge >= 0.3 is 0 Å². The van der Waals surface area contributed by atoms with E-state index in [4.69, 9.17) is 0 Å². The molecule has 1 atom stereocenters. The van der Waals surface area contributed by atoms with E-state index in [0.717, 1.165) is 8.95 Å². The van der Waals surface area contributed by atoms with Gasteiger partial charge in [0.2, 0.25) is 0 Å². The first kappa shape index (κ1) is 16.2. The molecule has 0 amide bonds. The third-order valence-corrected chi connectivity index (χ3v) is 5.80. The molecule has 0 saturated heterocycles. The van der Waals surface area contributed by atoms with Crippen LogP contribution in [0.4, 0.5) is 0 Å². The highest BCUT2D eigenvalue weighted by Gasteiger charge is 2.15. The largest absolute Gasteiger partial charge is 0.312 e. The van der Waals surface area contributed by atoms with E-state index in [-0.39, 0.29) is 0 Å². The average molecular weight is 417 g/mol. The number of benzene rings is 1. The Kier molecular flexibility index (Phi) is 5.84. The molecule has 0 spiro atoms. The van der Waals surface area contributed by atoms with E-state index in [0.29, 0.717) is 6.04 Å². The fourth-order valence-electron chi connectivity index (χ4n) is 2.33. The van der Waals surface area contributed by atoms with Gasteiger partial charge in [-0.3, -0.25) is 0 Å². The van der Waals surface area contributed by atoms with Crippen LogP contribution in [0.15, 0.2) is 33.2 Å². The van der Waals surface area contributed by atoms with Crippen molar-refractivity contribution in [1.82, 2.24) is 5.32 Å². The summed E-state index contributed by atoms with van der Waals surface area (Å²) in [5.41, 5.74) is 2.50. The molecule has 1 unspecified atom stereocenters. The van der Waals surface area contributed by atoms with Crippen molar-refractivity contribution in [2.75, 3.05) is 7.05 Å². The van der Waals surface area contributed by atoms with Gasteiger partial charge in [-0.25, -0.2) is 0 Å². The Morgan fingerprint density at radius 3 is 2.40 bits per heavy atom. The zero-order valence-corrected chi connectivity index (χ0v) is 16.0. The summed E-state index contributed by atoms with van der Waals surface area (Å²) in [6.07, 6.45) is 2.36. The van der Waals surface area contributed by atoms with E-state index in [1.54, 1.807) is 0 Å². The number of nitrogens with one attached hydrogen (secondary N) is 1. The summed E-state index contributed by atoms with van der Waals surface area (Å²) in [5, 5.41) is 3.41. The lowest BCUT2D eigenvalue weighted by Gasteiger charge is -2.13. The van der Waals surface area contributed by atoms with Gasteiger partial charge in [0.05, 0.1) is 0 Å². The predicted octanol–water partition coefficient (Wildman–Crippen LogP) is 6.31. The molecule has 0 radical (unpaired) electrons. The molecule has 0 aliphatic carbocycles. The highest BCUT2D eigenvalue weighted by molar-refractivity contribution is 9.11. The molecular formula is C16H19Br2NS. The lowest BCUT2D eigenvalue weighted by Crippen LogP contribution is -2.14. The van der Waals surface area contributed by atoms with Crippen molar-refractivity contribution in [3.8, 4) is 10.4 Å². The van der Waals surface area contributed by atoms with Crippen LogP contribution in [0.1, 0.15) is 36.2 Å². The van der Waals surface area contributed by atoms with Crippen LogP contribution in [-0.4, -0.2) is 7.05 Å². The lowest BCUT2D eigenvalue weighted by atomic mass is 10.1. The van der Waals surface area contributed by atoms with Gasteiger partial charge in [-0.15, -0.1) is 11.3 Å². The summed E-state index contributed by atoms with van der Waals surface area (Å²) in [6, 6.07) is 9.26. The van der Waals surface area contributed by atoms with Crippen LogP contribution in [0.5, 0.6) is 0 Å². The molecule has 2 rings (SSSR count). The second-order valence-electron chi connectivity index (χ2n) is 4.94. The smallest absolute Gasteiger partial charge is 0.0412 e. The maximum atomic E-state index is 3.69. The topological polar surface area (TPSA) is 12.0 Å². The van der Waals surface area contributed by atoms with Crippen LogP contribution in [0, 0.1) is 6.92 Å². The second kappa shape index (κ2) is 7.21. The first-order valence-electron chi connectivity index (χ1n) is 6.79. The Morgan fingerprint density at radius 2 is 1.85 bits per heavy atom. The number of hydrogen-bond acceptors (Lipinski definition) is 2. The predicted molar refractivity (Wildman–Crippen MR) is 96.6 cm³/mol. The Balaban J connectivity index is 2.38. The fourth-order valence-corrected chi connectivity index (χ4v) is 5.66. The van der Waals surface area contributed by atoms with Gasteiger partial charge in [-0.05, 0) is 50.2 Å². The van der Waals surface area contributed by atoms with Gasteiger partial charge < -0.3 is 5.32 Å². The Hall–Kier alpha value is -0.160. The monoisotopic (exact) mass is 415 g/mol. The Labute approximate surface area is 142 Å². The molecule has 4 heteroatoms. The first-order chi connectivity index (χ1) is 9.56. The van der Waals surface area contributed by atoms with Crippen molar-refractivity contribution >= 4 is 43.2 Å². The third kappa shape index (κ3) is 3.53. The molecule has 0 bridgehead atoms. The van der Waals surface area contributed by atoms with E-state index in [1.165, 1.54) is 33.7 Å². The number of aryl methyl sites for hydroxylation is 1. The van der Waals surface area contributed by atoms with Crippen LogP contribution in [0.3, 0.4) is 0 Å². The molecule has 0 aliphatic rings. The zero-order valence-electron chi connectivity index (χ0n) is 12.0. The van der Waals surface area contributed by atoms with Crippen LogP contribution in [0.25, 0.3) is 10.4 Å². The van der Waals surface area contributed by atoms with Crippen molar-refractivity contribution < 1.29 is 0 Å². The molecule has 0 aliphatic heterocycles. The SMILES string of the molecule is CCCC(NC)c1ccc(-c2c(Br)cc(C)cc2Br)s1. The molecule has 2 aromatic rings. The summed E-state index contributed by atoms with van der Waals surface area (Å²) in [7, 11) is 2.04. The normalized spacial score (nSPS) is 12.7. The van der Waals surface area contributed by atoms with Crippen LogP contribution in [-0.2, 0) is 0 Å². The van der Waals surface area contributed by atoms with Crippen molar-refractivity contribution in [2.45, 2.75) is 32.7 Å². The maximum absolute atomic E-state index is 3.69. The number of hydrogen-bond donors (Lipinski definition) is 1. The molecule has 1 nitrogen and oxygen atoms in total. The van der Waals surface area contributed by atoms with Crippen LogP contribution in [0.2, 0.25) is 0 Å². The standard InChI is InChI=1S/C16H19Br2NS/c1-4-5-13(19-3)14-6-7-15(20-14)16-11(17)8-10(2)9-12(16)18/h6-9,13,19H,4-5H2,1-3H3. The molecule has 108 valence electrons. The van der Waals surface area contributed by atoms with Crippen LogP contribution >= 0.6 is 43.2 Å². The minimum atomic E-state index is 0.460. The summed E-state index contributed by atoms with van der Waals surface area (Å²) in [4.78, 5) is 2.71. The average Bonchev–Trinajstić information content (AvgIpc) is 2.84. The van der Waals surface area contributed by atoms with E-state index in [1.807, 2.05) is 18.4 Å². The number of rotatable bonds is 5. The Morgan fingerprint density at radius 1 is 1.20 bits per heavy atom. The van der Waals surface area contributed by atoms with Gasteiger partial charge in [-0.2, -0.15) is 0 Å². The molecule has 1 aromatic carbocycles. The van der Waals surface area contributed by atoms with Gasteiger partial charge in [0.15, 0.2) is 0 Å². The Bertz CT molecular complexity index is 569. The minimum Gasteiger partial charge on any atom is -0.312 e. The third-order valence-electron chi connectivity index (χ3n) is 3.33. The van der Waals surface area contributed by atoms with Crippen molar-refractivity contribution in [3.63, 3.8) is 0 Å². The summed E-state index contributed by atoms with van der Waals surface area (Å²) < 4.78 is 2.29. The molecule has 0 saturated carbocycles. The van der Waals surface area contributed by atoms with Crippen molar-refractivity contribution in [2.24, 2.45) is 0 Å². The maximum Gasteiger partial charge on any atom is 0.0412 e. The lowest BCUT2D eigenvalue weighted by molar-refractivity contribution is 0.550. The fraction of sp³-hybridized carbons (Fsp3) is 0.375. The van der Waals surface area contributed by atoms with E-state index in [9.17, 15) is 0 Å².